The van der Waals surface area contributed by atoms with E-state index < -0.39 is 0 Å². The van der Waals surface area contributed by atoms with Crippen LogP contribution < -0.4 is 0 Å². The minimum Gasteiger partial charge on any atom is -0.305 e. The van der Waals surface area contributed by atoms with Gasteiger partial charge in [-0.15, -0.1) is 41.0 Å². The first-order chi connectivity index (χ1) is 34.7. The third-order valence-electron chi connectivity index (χ3n) is 12.9. The van der Waals surface area contributed by atoms with Gasteiger partial charge in [-0.2, -0.15) is 60.7 Å². The van der Waals surface area contributed by atoms with Crippen molar-refractivity contribution in [3.8, 4) is 89.1 Å². The van der Waals surface area contributed by atoms with Crippen LogP contribution in [0.3, 0.4) is 0 Å². The smallest absolute Gasteiger partial charge is 0.305 e. The van der Waals surface area contributed by atoms with Gasteiger partial charge in [0.15, 0.2) is 0 Å². The van der Waals surface area contributed by atoms with Gasteiger partial charge in [-0.25, -0.2) is 0 Å². The molecule has 0 spiro atoms. The predicted octanol–water partition coefficient (Wildman–Crippen LogP) is 17.2. The van der Waals surface area contributed by atoms with E-state index in [4.69, 9.17) is 14.3 Å². The molecular weight excluding hydrogens is 1040 g/mol. The molecule has 0 fully saturated rings. The van der Waals surface area contributed by atoms with Crippen molar-refractivity contribution in [3.05, 3.63) is 274 Å². The number of fused-ring (bicyclic) bond motifs is 6. The molecule has 0 saturated carbocycles. The molecule has 12 aromatic rings. The van der Waals surface area contributed by atoms with Crippen LogP contribution in [-0.2, 0) is 29.4 Å². The van der Waals surface area contributed by atoms with Crippen molar-refractivity contribution in [2.45, 2.75) is 0 Å². The summed E-state index contributed by atoms with van der Waals surface area (Å²) >= 11 is 0. The minimum atomic E-state index is 0. The summed E-state index contributed by atoms with van der Waals surface area (Å²) in [7, 11) is 0. The molecule has 0 N–H and O–H groups in total. The molecule has 0 radical (unpaired) electrons. The summed E-state index contributed by atoms with van der Waals surface area (Å²) in [6.07, 6.45) is 1.91. The molecule has 0 bridgehead atoms. The van der Waals surface area contributed by atoms with Crippen molar-refractivity contribution < 1.29 is 29.4 Å². The van der Waals surface area contributed by atoms with E-state index in [9.17, 15) is 0 Å². The molecule has 0 atom stereocenters. The van der Waals surface area contributed by atoms with E-state index in [1.165, 1.54) is 54.6 Å². The summed E-state index contributed by atoms with van der Waals surface area (Å²) in [5.41, 5.74) is 17.9. The molecule has 4 heteroatoms. The first-order valence-electron chi connectivity index (χ1n) is 22.8. The fourth-order valence-electron chi connectivity index (χ4n) is 9.77. The topological polar surface area (TPSA) is 52.7 Å². The molecule has 3 nitrogen and oxygen atoms in total. The van der Waals surface area contributed by atoms with Gasteiger partial charge in [-0.1, -0.05) is 162 Å². The molecule has 0 unspecified atom stereocenters. The van der Waals surface area contributed by atoms with Crippen molar-refractivity contribution >= 4 is 32.3 Å². The maximum atomic E-state index is 7.50. The Morgan fingerprint density at radius 2 is 0.690 bits per heavy atom. The van der Waals surface area contributed by atoms with Crippen molar-refractivity contribution in [2.24, 2.45) is 0 Å². The first-order valence-corrected chi connectivity index (χ1v) is 22.8. The molecule has 0 aliphatic carbocycles. The fourth-order valence-corrected chi connectivity index (χ4v) is 9.77. The Morgan fingerprint density at radius 3 is 1.11 bits per heavy atom. The quantitative estimate of drug-likeness (QED) is 0.0850. The Bertz CT molecular complexity index is 3720. The van der Waals surface area contributed by atoms with Crippen LogP contribution >= 0.6 is 0 Å². The Hall–Kier alpha value is -8.52. The van der Waals surface area contributed by atoms with E-state index in [-0.39, 0.29) is 20.1 Å². The van der Waals surface area contributed by atoms with E-state index in [0.717, 1.165) is 66.9 Å². The zero-order chi connectivity index (χ0) is 47.8. The van der Waals surface area contributed by atoms with Gasteiger partial charge in [0, 0.05) is 6.20 Å². The molecule has 0 aliphatic rings. The summed E-state index contributed by atoms with van der Waals surface area (Å²) in [4.78, 5) is 4.86. The van der Waals surface area contributed by atoms with Crippen LogP contribution in [0.4, 0.5) is 0 Å². The Morgan fingerprint density at radius 1 is 0.310 bits per heavy atom. The summed E-state index contributed by atoms with van der Waals surface area (Å²) in [5.74, 6) is 0. The molecule has 71 heavy (non-hydrogen) atoms. The van der Waals surface area contributed by atoms with Crippen molar-refractivity contribution in [2.75, 3.05) is 0 Å². The van der Waals surface area contributed by atoms with Gasteiger partial charge in [-0.3, -0.25) is 0 Å². The normalized spacial score (nSPS) is 10.6. The van der Waals surface area contributed by atoms with Crippen LogP contribution in [0, 0.1) is 31.5 Å². The third-order valence-corrected chi connectivity index (χ3v) is 12.9. The van der Waals surface area contributed by atoms with E-state index in [1.807, 2.05) is 18.3 Å². The summed E-state index contributed by atoms with van der Waals surface area (Å²) < 4.78 is 15.0. The molecule has 12 rings (SSSR count). The van der Waals surface area contributed by atoms with Gasteiger partial charge >= 0.3 is 42.7 Å². The Balaban J connectivity index is 0.00000122. The van der Waals surface area contributed by atoms with Crippen molar-refractivity contribution in [1.82, 2.24) is 4.98 Å². The van der Waals surface area contributed by atoms with Gasteiger partial charge in [0.25, 0.3) is 0 Å². The van der Waals surface area contributed by atoms with Crippen LogP contribution in [0.25, 0.3) is 121 Å². The fraction of sp³-hybridized carbons (Fsp3) is 0. The van der Waals surface area contributed by atoms with Crippen LogP contribution in [0.5, 0.6) is 0 Å². The van der Waals surface area contributed by atoms with E-state index in [2.05, 4.69) is 256 Å². The Labute approximate surface area is 427 Å². The van der Waals surface area contributed by atoms with Crippen LogP contribution in [0.15, 0.2) is 243 Å². The number of pyridine rings is 1. The zero-order valence-corrected chi connectivity index (χ0v) is 40.6. The standard InChI is InChI=1S/C65H40N.2CO.Ir/c1-3-17-44(18-4-1)53-21-7-10-24-56(53)50-39-51(57-25-11-8-22-54(57)45-19-5-2-6-20-45)41-52(40-50)58-26-12-9-23-55(58)46-31-33-47(34-32-46)65-43-49(37-38-66-65)48-35-36-63-61-29-14-13-27-59(61)60-28-15-16-30-62(60)64(63)42-48;2*1-2;/h1-3,5,7-33,35-43H;;;/q-3;;;+3. The van der Waals surface area contributed by atoms with Crippen molar-refractivity contribution in [1.29, 1.82) is 0 Å². The average molecular weight is 1080 g/mol. The molecule has 1 heterocycles. The zero-order valence-electron chi connectivity index (χ0n) is 38.2. The molecule has 0 saturated heterocycles. The SMILES string of the molecule is [C-]#[O+].[C-]#[O+].[Ir+3].[c-]1cccc(-c2ccccc2-c2cc(-c3ccccc3-c3c[c-]ccc3)cc(-c3ccccc3-c3c[c-]c(-c4cc(-c5ccc6c7ccccc7c7ccccc7c6c5)ccn4)cc3)c2)c1. The van der Waals surface area contributed by atoms with Gasteiger partial charge < -0.3 is 4.98 Å². The summed E-state index contributed by atoms with van der Waals surface area (Å²) in [6.45, 7) is 9.00. The number of nitrogens with zero attached hydrogens (tertiary/aromatic N) is 1. The monoisotopic (exact) mass is 1080 g/mol. The van der Waals surface area contributed by atoms with E-state index in [0.29, 0.717) is 0 Å². The summed E-state index contributed by atoms with van der Waals surface area (Å²) in [5, 5.41) is 7.62. The van der Waals surface area contributed by atoms with Gasteiger partial charge in [0.2, 0.25) is 0 Å². The molecule has 334 valence electrons. The average Bonchev–Trinajstić information content (AvgIpc) is 3.46. The molecule has 0 aliphatic heterocycles. The second-order valence-corrected chi connectivity index (χ2v) is 16.8. The largest absolute Gasteiger partial charge is 3.00 e. The summed E-state index contributed by atoms with van der Waals surface area (Å²) in [6, 6.07) is 94.9. The Kier molecular flexibility index (Phi) is 14.6. The molecule has 0 amide bonds. The number of benzene rings is 11. The van der Waals surface area contributed by atoms with Gasteiger partial charge in [0.1, 0.15) is 0 Å². The molecule has 1 aromatic heterocycles. The van der Waals surface area contributed by atoms with Crippen molar-refractivity contribution in [3.63, 3.8) is 0 Å². The van der Waals surface area contributed by atoms with E-state index >= 15 is 0 Å². The number of hydrogen-bond donors (Lipinski definition) is 0. The maximum absolute atomic E-state index is 7.50. The predicted molar refractivity (Wildman–Crippen MR) is 285 cm³/mol. The number of aromatic nitrogens is 1. The first kappa shape index (κ1) is 47.5. The van der Waals surface area contributed by atoms with Crippen LogP contribution in [0.2, 0.25) is 0 Å². The number of hydrogen-bond acceptors (Lipinski definition) is 1. The maximum Gasteiger partial charge on any atom is 3.00 e. The second-order valence-electron chi connectivity index (χ2n) is 16.8. The molecule has 11 aromatic carbocycles. The van der Waals surface area contributed by atoms with Gasteiger partial charge in [-0.05, 0) is 113 Å². The van der Waals surface area contributed by atoms with Crippen LogP contribution in [-0.4, -0.2) is 4.98 Å². The van der Waals surface area contributed by atoms with Crippen LogP contribution in [0.1, 0.15) is 0 Å². The van der Waals surface area contributed by atoms with Gasteiger partial charge in [0.05, 0.1) is 0 Å². The number of rotatable bonds is 8. The minimum absolute atomic E-state index is 0. The van der Waals surface area contributed by atoms with E-state index in [1.54, 1.807) is 0 Å². The molecular formula is C67H40IrNO2. The third kappa shape index (κ3) is 9.48. The second kappa shape index (κ2) is 21.8.